The van der Waals surface area contributed by atoms with Crippen LogP contribution in [0, 0.1) is 0 Å². The summed E-state index contributed by atoms with van der Waals surface area (Å²) in [6, 6.07) is 58.9. The number of fused-ring (bicyclic) bond motifs is 1. The zero-order valence-electron chi connectivity index (χ0n) is 28.0. The van der Waals surface area contributed by atoms with E-state index < -0.39 is 0 Å². The van der Waals surface area contributed by atoms with Gasteiger partial charge in [-0.1, -0.05) is 146 Å². The monoisotopic (exact) mass is 669 g/mol. The number of nitrogen functional groups attached to an aromatic ring is 1. The lowest BCUT2D eigenvalue weighted by Crippen LogP contribution is -2.02. The van der Waals surface area contributed by atoms with Crippen LogP contribution in [-0.4, -0.2) is 19.9 Å². The average molecular weight is 670 g/mol. The number of oxazole rings is 1. The van der Waals surface area contributed by atoms with Crippen LogP contribution >= 0.6 is 0 Å². The van der Waals surface area contributed by atoms with Gasteiger partial charge in [-0.2, -0.15) is 0 Å². The van der Waals surface area contributed by atoms with Crippen LogP contribution < -0.4 is 5.73 Å². The van der Waals surface area contributed by atoms with E-state index in [-0.39, 0.29) is 0 Å². The standard InChI is InChI=1S/C46H31N5O/c47-32-18-14-17-31(29-32)33-19-4-9-24-38(33)44-49-43(30-15-2-1-3-16-30)50-45(51-44)39-25-10-7-22-36(39)34-20-5-6-21-35(34)37-23-8-11-26-40(37)46-48-41-27-12-13-28-42(41)52-46/h1-29H,47H2. The summed E-state index contributed by atoms with van der Waals surface area (Å²) in [7, 11) is 0. The summed E-state index contributed by atoms with van der Waals surface area (Å²) >= 11 is 0. The highest BCUT2D eigenvalue weighted by Gasteiger charge is 2.21. The number of benzene rings is 7. The predicted octanol–water partition coefficient (Wildman–Crippen LogP) is 11.3. The van der Waals surface area contributed by atoms with Crippen molar-refractivity contribution in [2.24, 2.45) is 0 Å². The summed E-state index contributed by atoms with van der Waals surface area (Å²) < 4.78 is 6.27. The molecule has 2 heterocycles. The summed E-state index contributed by atoms with van der Waals surface area (Å²) in [6.45, 7) is 0. The molecule has 6 nitrogen and oxygen atoms in total. The summed E-state index contributed by atoms with van der Waals surface area (Å²) in [4.78, 5) is 20.2. The van der Waals surface area contributed by atoms with E-state index in [9.17, 15) is 0 Å². The first-order valence-electron chi connectivity index (χ1n) is 17.1. The van der Waals surface area contributed by atoms with E-state index in [1.807, 2.05) is 103 Å². The Morgan fingerprint density at radius 3 is 1.44 bits per heavy atom. The molecule has 0 aliphatic carbocycles. The normalized spacial score (nSPS) is 11.2. The van der Waals surface area contributed by atoms with E-state index in [0.717, 1.165) is 66.7 Å². The molecule has 2 aromatic heterocycles. The molecule has 0 bridgehead atoms. The molecule has 0 spiro atoms. The highest BCUT2D eigenvalue weighted by Crippen LogP contribution is 2.42. The highest BCUT2D eigenvalue weighted by atomic mass is 16.3. The molecule has 0 unspecified atom stereocenters. The van der Waals surface area contributed by atoms with Crippen molar-refractivity contribution in [1.82, 2.24) is 19.9 Å². The number of hydrogen-bond donors (Lipinski definition) is 1. The van der Waals surface area contributed by atoms with Gasteiger partial charge >= 0.3 is 0 Å². The average Bonchev–Trinajstić information content (AvgIpc) is 3.66. The van der Waals surface area contributed by atoms with Crippen molar-refractivity contribution >= 4 is 16.8 Å². The number of anilines is 1. The van der Waals surface area contributed by atoms with Crippen molar-refractivity contribution in [3.05, 3.63) is 176 Å². The Hall–Kier alpha value is -7.18. The van der Waals surface area contributed by atoms with E-state index >= 15 is 0 Å². The molecule has 0 saturated heterocycles. The fraction of sp³-hybridized carbons (Fsp3) is 0. The third kappa shape index (κ3) is 5.78. The molecule has 0 aliphatic rings. The Bertz CT molecular complexity index is 2680. The summed E-state index contributed by atoms with van der Waals surface area (Å²) in [5.74, 6) is 2.32. The molecular formula is C46H31N5O. The lowest BCUT2D eigenvalue weighted by Gasteiger charge is -2.16. The van der Waals surface area contributed by atoms with Crippen molar-refractivity contribution in [3.63, 3.8) is 0 Å². The molecule has 0 aliphatic heterocycles. The van der Waals surface area contributed by atoms with Crippen LogP contribution in [0.1, 0.15) is 0 Å². The van der Waals surface area contributed by atoms with Gasteiger partial charge in [0.25, 0.3) is 0 Å². The third-order valence-electron chi connectivity index (χ3n) is 9.16. The Balaban J connectivity index is 1.23. The number of nitrogens with zero attached hydrogens (tertiary/aromatic N) is 4. The highest BCUT2D eigenvalue weighted by molar-refractivity contribution is 5.95. The first-order valence-corrected chi connectivity index (χ1v) is 17.1. The number of nitrogens with two attached hydrogens (primary N) is 1. The first-order chi connectivity index (χ1) is 25.7. The summed E-state index contributed by atoms with van der Waals surface area (Å²) in [5, 5.41) is 0. The molecule has 0 saturated carbocycles. The van der Waals surface area contributed by atoms with E-state index in [4.69, 9.17) is 30.1 Å². The number of aromatic nitrogens is 4. The van der Waals surface area contributed by atoms with Crippen molar-refractivity contribution in [1.29, 1.82) is 0 Å². The lowest BCUT2D eigenvalue weighted by atomic mass is 9.89. The van der Waals surface area contributed by atoms with Gasteiger partial charge in [0.15, 0.2) is 23.1 Å². The Morgan fingerprint density at radius 2 is 0.808 bits per heavy atom. The van der Waals surface area contributed by atoms with Gasteiger partial charge in [0, 0.05) is 27.9 Å². The number of hydrogen-bond acceptors (Lipinski definition) is 6. The number of para-hydroxylation sites is 2. The van der Waals surface area contributed by atoms with Crippen molar-refractivity contribution in [2.75, 3.05) is 5.73 Å². The van der Waals surface area contributed by atoms with Gasteiger partial charge in [-0.3, -0.25) is 0 Å². The second kappa shape index (κ2) is 13.3. The Kier molecular flexibility index (Phi) is 7.87. The van der Waals surface area contributed by atoms with Gasteiger partial charge in [-0.15, -0.1) is 0 Å². The third-order valence-corrected chi connectivity index (χ3v) is 9.16. The minimum Gasteiger partial charge on any atom is -0.436 e. The van der Waals surface area contributed by atoms with Crippen molar-refractivity contribution in [3.8, 4) is 79.0 Å². The second-order valence-corrected chi connectivity index (χ2v) is 12.5. The summed E-state index contributed by atoms with van der Waals surface area (Å²) in [6.07, 6.45) is 0. The Morgan fingerprint density at radius 1 is 0.346 bits per heavy atom. The minimum absolute atomic E-state index is 0.573. The SMILES string of the molecule is Nc1cccc(-c2ccccc2-c2nc(-c3ccccc3)nc(-c3ccccc3-c3ccccc3-c3ccccc3-c3nc4ccccc4o3)n2)c1. The maximum absolute atomic E-state index is 6.27. The number of rotatable bonds is 7. The molecule has 246 valence electrons. The molecule has 0 fully saturated rings. The van der Waals surface area contributed by atoms with E-state index in [1.54, 1.807) is 0 Å². The minimum atomic E-state index is 0.573. The van der Waals surface area contributed by atoms with Gasteiger partial charge in [0.2, 0.25) is 5.89 Å². The molecule has 0 amide bonds. The zero-order valence-corrected chi connectivity index (χ0v) is 28.0. The van der Waals surface area contributed by atoms with Crippen LogP contribution in [0.3, 0.4) is 0 Å². The Labute approximate surface area is 301 Å². The molecule has 2 N–H and O–H groups in total. The van der Waals surface area contributed by atoms with Crippen LogP contribution in [0.2, 0.25) is 0 Å². The molecule has 0 radical (unpaired) electrons. The molecule has 9 aromatic rings. The van der Waals surface area contributed by atoms with Gasteiger partial charge < -0.3 is 10.2 Å². The fourth-order valence-corrected chi connectivity index (χ4v) is 6.73. The van der Waals surface area contributed by atoms with E-state index in [2.05, 4.69) is 72.8 Å². The van der Waals surface area contributed by atoms with Gasteiger partial charge in [-0.25, -0.2) is 19.9 Å². The maximum atomic E-state index is 6.27. The van der Waals surface area contributed by atoms with Crippen molar-refractivity contribution in [2.45, 2.75) is 0 Å². The van der Waals surface area contributed by atoms with E-state index in [1.165, 1.54) is 0 Å². The lowest BCUT2D eigenvalue weighted by molar-refractivity contribution is 0.620. The van der Waals surface area contributed by atoms with Crippen LogP contribution in [0.25, 0.3) is 90.1 Å². The van der Waals surface area contributed by atoms with Crippen molar-refractivity contribution < 1.29 is 4.42 Å². The first kappa shape index (κ1) is 30.8. The molecule has 52 heavy (non-hydrogen) atoms. The van der Waals surface area contributed by atoms with Gasteiger partial charge in [-0.05, 0) is 63.7 Å². The van der Waals surface area contributed by atoms with Crippen LogP contribution in [-0.2, 0) is 0 Å². The van der Waals surface area contributed by atoms with Gasteiger partial charge in [0.05, 0.1) is 0 Å². The maximum Gasteiger partial charge on any atom is 0.227 e. The fourth-order valence-electron chi connectivity index (χ4n) is 6.73. The van der Waals surface area contributed by atoms with Crippen LogP contribution in [0.5, 0.6) is 0 Å². The topological polar surface area (TPSA) is 90.7 Å². The quantitative estimate of drug-likeness (QED) is 0.170. The zero-order chi connectivity index (χ0) is 34.9. The van der Waals surface area contributed by atoms with E-state index in [0.29, 0.717) is 29.1 Å². The molecule has 0 atom stereocenters. The molecule has 9 rings (SSSR count). The smallest absolute Gasteiger partial charge is 0.227 e. The predicted molar refractivity (Wildman–Crippen MR) is 210 cm³/mol. The van der Waals surface area contributed by atoms with Gasteiger partial charge in [0.1, 0.15) is 5.52 Å². The molecule has 6 heteroatoms. The molecule has 7 aromatic carbocycles. The van der Waals surface area contributed by atoms with Crippen LogP contribution in [0.15, 0.2) is 180 Å². The van der Waals surface area contributed by atoms with Crippen LogP contribution in [0.4, 0.5) is 5.69 Å². The second-order valence-electron chi connectivity index (χ2n) is 12.5. The molecular weight excluding hydrogens is 639 g/mol. The largest absolute Gasteiger partial charge is 0.436 e. The summed E-state index contributed by atoms with van der Waals surface area (Å²) in [5.41, 5.74) is 18.1.